The van der Waals surface area contributed by atoms with Crippen molar-refractivity contribution in [3.8, 4) is 0 Å². The Morgan fingerprint density at radius 3 is 2.71 bits per heavy atom. The van der Waals surface area contributed by atoms with E-state index in [1.807, 2.05) is 0 Å². The van der Waals surface area contributed by atoms with Crippen LogP contribution in [-0.4, -0.2) is 51.7 Å². The van der Waals surface area contributed by atoms with Crippen molar-refractivity contribution in [2.75, 3.05) is 13.1 Å². The Morgan fingerprint density at radius 1 is 1.32 bits per heavy atom. The van der Waals surface area contributed by atoms with Crippen LogP contribution in [0, 0.1) is 11.2 Å². The number of H-pyrrole nitrogens is 1. The van der Waals surface area contributed by atoms with E-state index >= 15 is 0 Å². The lowest BCUT2D eigenvalue weighted by Gasteiger charge is -2.42. The molecule has 3 N–H and O–H groups in total. The van der Waals surface area contributed by atoms with Gasteiger partial charge in [-0.15, -0.1) is 0 Å². The fourth-order valence-electron chi connectivity index (χ4n) is 4.45. The van der Waals surface area contributed by atoms with Gasteiger partial charge in [-0.2, -0.15) is 0 Å². The van der Waals surface area contributed by atoms with E-state index in [1.165, 1.54) is 18.3 Å². The molecule has 1 aromatic heterocycles. The van der Waals surface area contributed by atoms with Crippen molar-refractivity contribution in [2.24, 2.45) is 5.41 Å². The van der Waals surface area contributed by atoms with Gasteiger partial charge in [-0.3, -0.25) is 14.4 Å². The van der Waals surface area contributed by atoms with Crippen molar-refractivity contribution in [3.63, 3.8) is 0 Å². The lowest BCUT2D eigenvalue weighted by molar-refractivity contribution is -0.122. The lowest BCUT2D eigenvalue weighted by atomic mass is 9.76. The zero-order valence-corrected chi connectivity index (χ0v) is 15.4. The highest BCUT2D eigenvalue weighted by Gasteiger charge is 2.45. The first kappa shape index (κ1) is 20.0. The minimum Gasteiger partial charge on any atom is -0.483 e. The van der Waals surface area contributed by atoms with Gasteiger partial charge in [0.05, 0.1) is 6.10 Å². The Hall–Kier alpha value is -2.74. The number of rotatable bonds is 1. The molecule has 0 bridgehead atoms. The average molecular weight is 390 g/mol. The topological polar surface area (TPSA) is 111 Å². The summed E-state index contributed by atoms with van der Waals surface area (Å²) in [6, 6.07) is 3.92. The number of pyridine rings is 1. The van der Waals surface area contributed by atoms with E-state index in [4.69, 9.17) is 9.90 Å². The standard InChI is InChI=1S/C19H21FN2O3.CH2O2/c20-12-4-5-15-13(9-12)17(24)14(10-21-15)18(25)22-8-2-7-19(11-22)6-1-3-16(19)23;2-1-3/h4-5,9-10,16,23H,1-3,6-8,11H2,(H,21,24);1H,(H,2,3)/t16-,19+;/m1./s1. The van der Waals surface area contributed by atoms with Gasteiger partial charge in [0, 0.05) is 35.6 Å². The number of aromatic amines is 1. The van der Waals surface area contributed by atoms with E-state index in [1.54, 1.807) is 4.90 Å². The van der Waals surface area contributed by atoms with E-state index in [0.717, 1.165) is 38.2 Å². The predicted octanol–water partition coefficient (Wildman–Crippen LogP) is 2.14. The highest BCUT2D eigenvalue weighted by molar-refractivity contribution is 5.97. The summed E-state index contributed by atoms with van der Waals surface area (Å²) in [5.74, 6) is -0.848. The second-order valence-electron chi connectivity index (χ2n) is 7.43. The second kappa shape index (κ2) is 8.10. The minimum absolute atomic E-state index is 0.0302. The number of carbonyl (C=O) groups is 2. The van der Waals surface area contributed by atoms with Crippen molar-refractivity contribution in [1.29, 1.82) is 0 Å². The third kappa shape index (κ3) is 3.64. The first-order chi connectivity index (χ1) is 13.4. The number of hydrogen-bond donors (Lipinski definition) is 3. The molecular formula is C20H23FN2O5. The van der Waals surface area contributed by atoms with Crippen LogP contribution in [0.25, 0.3) is 10.9 Å². The number of likely N-dealkylation sites (tertiary alicyclic amines) is 1. The number of benzene rings is 1. The van der Waals surface area contributed by atoms with Crippen molar-refractivity contribution < 1.29 is 24.2 Å². The van der Waals surface area contributed by atoms with Crippen LogP contribution < -0.4 is 5.43 Å². The lowest BCUT2D eigenvalue weighted by Crippen LogP contribution is -2.50. The molecule has 0 unspecified atom stereocenters. The molecule has 1 amide bonds. The molecule has 2 atom stereocenters. The van der Waals surface area contributed by atoms with Gasteiger partial charge in [-0.05, 0) is 43.9 Å². The maximum Gasteiger partial charge on any atom is 0.290 e. The molecule has 1 spiro atoms. The van der Waals surface area contributed by atoms with Crippen LogP contribution in [0.5, 0.6) is 0 Å². The fourth-order valence-corrected chi connectivity index (χ4v) is 4.45. The van der Waals surface area contributed by atoms with Crippen LogP contribution in [0.3, 0.4) is 0 Å². The van der Waals surface area contributed by atoms with E-state index in [-0.39, 0.29) is 34.8 Å². The van der Waals surface area contributed by atoms with Crippen molar-refractivity contribution in [2.45, 2.75) is 38.2 Å². The first-order valence-electron chi connectivity index (χ1n) is 9.28. The Labute approximate surface area is 160 Å². The second-order valence-corrected chi connectivity index (χ2v) is 7.43. The van der Waals surface area contributed by atoms with Crippen molar-refractivity contribution in [3.05, 3.63) is 46.0 Å². The molecule has 0 radical (unpaired) electrons. The number of aromatic nitrogens is 1. The van der Waals surface area contributed by atoms with Crippen molar-refractivity contribution in [1.82, 2.24) is 9.88 Å². The number of nitrogens with one attached hydrogen (secondary N) is 1. The summed E-state index contributed by atoms with van der Waals surface area (Å²) < 4.78 is 13.5. The maximum absolute atomic E-state index is 13.5. The maximum atomic E-state index is 13.5. The summed E-state index contributed by atoms with van der Waals surface area (Å²) in [6.45, 7) is 0.807. The molecule has 7 nitrogen and oxygen atoms in total. The zero-order chi connectivity index (χ0) is 20.3. The fraction of sp³-hybridized carbons (Fsp3) is 0.450. The average Bonchev–Trinajstić information content (AvgIpc) is 3.02. The molecule has 1 saturated carbocycles. The SMILES string of the molecule is O=C(c1c[nH]c2ccc(F)cc2c1=O)N1CCC[C@@]2(CCC[C@H]2O)C1.O=CO. The molecular weight excluding hydrogens is 367 g/mol. The van der Waals surface area contributed by atoms with Crippen LogP contribution in [0.2, 0.25) is 0 Å². The number of nitrogens with zero attached hydrogens (tertiary/aromatic N) is 1. The summed E-state index contributed by atoms with van der Waals surface area (Å²) in [5.41, 5.74) is -0.152. The van der Waals surface area contributed by atoms with Gasteiger partial charge < -0.3 is 20.1 Å². The summed E-state index contributed by atoms with van der Waals surface area (Å²) in [5, 5.41) is 17.4. The Morgan fingerprint density at radius 2 is 2.04 bits per heavy atom. The molecule has 1 aliphatic heterocycles. The van der Waals surface area contributed by atoms with Crippen LogP contribution in [-0.2, 0) is 4.79 Å². The van der Waals surface area contributed by atoms with Crippen LogP contribution in [0.15, 0.2) is 29.2 Å². The quantitative estimate of drug-likeness (QED) is 0.646. The molecule has 28 heavy (non-hydrogen) atoms. The number of fused-ring (bicyclic) bond motifs is 1. The number of amides is 1. The smallest absolute Gasteiger partial charge is 0.290 e. The first-order valence-corrected chi connectivity index (χ1v) is 9.28. The third-order valence-electron chi connectivity index (χ3n) is 5.83. The Bertz CT molecular complexity index is 944. The molecule has 1 aromatic carbocycles. The third-order valence-corrected chi connectivity index (χ3v) is 5.83. The van der Waals surface area contributed by atoms with E-state index in [9.17, 15) is 19.1 Å². The molecule has 2 heterocycles. The van der Waals surface area contributed by atoms with Gasteiger partial charge in [0.2, 0.25) is 5.43 Å². The number of halogens is 1. The summed E-state index contributed by atoms with van der Waals surface area (Å²) >= 11 is 0. The zero-order valence-electron chi connectivity index (χ0n) is 15.4. The highest BCUT2D eigenvalue weighted by atomic mass is 19.1. The summed E-state index contributed by atoms with van der Waals surface area (Å²) in [4.78, 5) is 38.5. The number of piperidine rings is 1. The molecule has 1 saturated heterocycles. The molecule has 2 aliphatic rings. The normalized spacial score (nSPS) is 24.1. The summed E-state index contributed by atoms with van der Waals surface area (Å²) in [7, 11) is 0. The van der Waals surface area contributed by atoms with E-state index < -0.39 is 11.2 Å². The monoisotopic (exact) mass is 390 g/mol. The van der Waals surface area contributed by atoms with Crippen molar-refractivity contribution >= 4 is 23.3 Å². The van der Waals surface area contributed by atoms with Gasteiger partial charge in [-0.1, -0.05) is 6.42 Å². The molecule has 4 rings (SSSR count). The molecule has 2 aromatic rings. The van der Waals surface area contributed by atoms with E-state index in [0.29, 0.717) is 18.6 Å². The number of aliphatic hydroxyl groups excluding tert-OH is 1. The number of aliphatic hydroxyl groups is 1. The minimum atomic E-state index is -0.506. The Balaban J connectivity index is 0.000000706. The van der Waals surface area contributed by atoms with Gasteiger partial charge in [0.15, 0.2) is 0 Å². The summed E-state index contributed by atoms with van der Waals surface area (Å²) in [6.07, 6.45) is 5.43. The van der Waals surface area contributed by atoms with Crippen LogP contribution in [0.4, 0.5) is 4.39 Å². The van der Waals surface area contributed by atoms with Gasteiger partial charge in [-0.25, -0.2) is 4.39 Å². The van der Waals surface area contributed by atoms with E-state index in [2.05, 4.69) is 4.98 Å². The number of carboxylic acid groups (broad SMARTS) is 1. The van der Waals surface area contributed by atoms with Gasteiger partial charge >= 0.3 is 0 Å². The highest BCUT2D eigenvalue weighted by Crippen LogP contribution is 2.45. The largest absolute Gasteiger partial charge is 0.483 e. The molecule has 2 fully saturated rings. The predicted molar refractivity (Wildman–Crippen MR) is 101 cm³/mol. The molecule has 1 aliphatic carbocycles. The number of carbonyl (C=O) groups excluding carboxylic acids is 1. The van der Waals surface area contributed by atoms with Gasteiger partial charge in [0.1, 0.15) is 11.4 Å². The van der Waals surface area contributed by atoms with Crippen LogP contribution in [0.1, 0.15) is 42.5 Å². The molecule has 150 valence electrons. The number of hydrogen-bond acceptors (Lipinski definition) is 4. The molecule has 8 heteroatoms. The Kier molecular flexibility index (Phi) is 5.79. The van der Waals surface area contributed by atoms with Gasteiger partial charge in [0.25, 0.3) is 12.4 Å². The van der Waals surface area contributed by atoms with Crippen LogP contribution >= 0.6 is 0 Å².